The second kappa shape index (κ2) is 3.83. The smallest absolute Gasteiger partial charge is 0.471 e. The highest BCUT2D eigenvalue weighted by Gasteiger charge is 2.38. The highest BCUT2D eigenvalue weighted by molar-refractivity contribution is 7.59. The average Bonchev–Trinajstić information content (AvgIpc) is 2.07. The maximum atomic E-state index is 11.8. The molecule has 0 radical (unpaired) electrons. The third-order valence-corrected chi connectivity index (χ3v) is 1.75. The van der Waals surface area contributed by atoms with Gasteiger partial charge in [0.15, 0.2) is 0 Å². The molecule has 0 aliphatic carbocycles. The van der Waals surface area contributed by atoms with E-state index in [1.165, 1.54) is 18.2 Å². The number of alkyl halides is 3. The quantitative estimate of drug-likeness (QED) is 0.734. The van der Waals surface area contributed by atoms with Crippen LogP contribution in [0, 0.1) is 0 Å². The number of hydrogen-bond acceptors (Lipinski definition) is 2. The minimum atomic E-state index is -4.89. The van der Waals surface area contributed by atoms with Crippen molar-refractivity contribution in [1.82, 2.24) is 0 Å². The van der Waals surface area contributed by atoms with Gasteiger partial charge in [-0.15, -0.1) is 0 Å². The van der Waals surface area contributed by atoms with Crippen molar-refractivity contribution in [1.29, 1.82) is 0 Å². The van der Waals surface area contributed by atoms with Crippen LogP contribution in [0.4, 0.5) is 18.9 Å². The highest BCUT2D eigenvalue weighted by Crippen LogP contribution is 2.20. The number of halogens is 3. The van der Waals surface area contributed by atoms with Crippen LogP contribution in [0.5, 0.6) is 0 Å². The van der Waals surface area contributed by atoms with E-state index >= 15 is 0 Å². The Hall–Kier alpha value is -1.30. The predicted octanol–water partition coefficient (Wildman–Crippen LogP) is 2.09. The van der Waals surface area contributed by atoms with Crippen LogP contribution in [-0.2, 0) is 17.4 Å². The first kappa shape index (κ1) is 10.8. The second-order valence-electron chi connectivity index (χ2n) is 2.45. The zero-order valence-electron chi connectivity index (χ0n) is 6.76. The molecule has 0 aliphatic heterocycles. The monoisotopic (exact) mass is 220 g/mol. The van der Waals surface area contributed by atoms with Crippen LogP contribution in [0.1, 0.15) is 0 Å². The molecule has 1 aromatic carbocycles. The fourth-order valence-electron chi connectivity index (χ4n) is 0.763. The summed E-state index contributed by atoms with van der Waals surface area (Å²) >= 11 is 4.71. The summed E-state index contributed by atoms with van der Waals surface area (Å²) in [4.78, 5) is 10.7. The molecule has 1 amide bonds. The lowest BCUT2D eigenvalue weighted by atomic mass is 10.3. The molecule has 1 rings (SSSR count). The van der Waals surface area contributed by atoms with E-state index in [1.54, 1.807) is 11.4 Å². The molecule has 0 atom stereocenters. The summed E-state index contributed by atoms with van der Waals surface area (Å²) in [6.07, 6.45) is -4.89. The van der Waals surface area contributed by atoms with Crippen LogP contribution in [0.15, 0.2) is 29.2 Å². The fraction of sp³-hybridized carbons (Fsp3) is 0.125. The highest BCUT2D eigenvalue weighted by atomic mass is 32.1. The van der Waals surface area contributed by atoms with Crippen LogP contribution in [0.2, 0.25) is 0 Å². The maximum Gasteiger partial charge on any atom is 0.471 e. The van der Waals surface area contributed by atoms with Crippen LogP contribution in [0.25, 0.3) is 0 Å². The molecule has 0 saturated heterocycles. The summed E-state index contributed by atoms with van der Waals surface area (Å²) in [5, 5.41) is 1.68. The van der Waals surface area contributed by atoms with Crippen molar-refractivity contribution in [2.45, 2.75) is 11.1 Å². The van der Waals surface area contributed by atoms with E-state index in [0.29, 0.717) is 0 Å². The summed E-state index contributed by atoms with van der Waals surface area (Å²) in [5.41, 5.74) is -0.00942. The average molecular weight is 220 g/mol. The number of carbonyl (C=O) groups excluding carboxylic acids is 1. The van der Waals surface area contributed by atoms with Crippen LogP contribution in [0.3, 0.4) is 0 Å². The molecule has 0 aliphatic rings. The molecular weight excluding hydrogens is 215 g/mol. The van der Waals surface area contributed by atoms with Gasteiger partial charge in [-0.05, 0) is 6.07 Å². The molecule has 0 saturated carbocycles. The zero-order chi connectivity index (χ0) is 10.8. The van der Waals surface area contributed by atoms with Crippen molar-refractivity contribution in [2.24, 2.45) is 0 Å². The lowest BCUT2D eigenvalue weighted by Gasteiger charge is -2.14. The minimum absolute atomic E-state index is 0.00942. The molecular formula is C8H5F3NOS-. The Balaban J connectivity index is 2.80. The molecule has 1 aromatic rings. The van der Waals surface area contributed by atoms with Crippen molar-refractivity contribution in [3.8, 4) is 0 Å². The van der Waals surface area contributed by atoms with Gasteiger partial charge in [0, 0.05) is 5.69 Å². The van der Waals surface area contributed by atoms with Gasteiger partial charge in [0.1, 0.15) is 0 Å². The van der Waals surface area contributed by atoms with Crippen LogP contribution >= 0.6 is 0 Å². The van der Waals surface area contributed by atoms with Gasteiger partial charge in [-0.25, -0.2) is 0 Å². The summed E-state index contributed by atoms with van der Waals surface area (Å²) in [6.45, 7) is 0. The normalized spacial score (nSPS) is 11.1. The first-order valence-corrected chi connectivity index (χ1v) is 3.96. The molecule has 0 heterocycles. The van der Waals surface area contributed by atoms with Crippen LogP contribution < -0.4 is 5.32 Å². The lowest BCUT2D eigenvalue weighted by Crippen LogP contribution is -2.30. The Morgan fingerprint density at radius 1 is 1.29 bits per heavy atom. The maximum absolute atomic E-state index is 11.8. The summed E-state index contributed by atoms with van der Waals surface area (Å²) in [7, 11) is 0. The third kappa shape index (κ3) is 2.59. The molecule has 0 aromatic heterocycles. The number of hydrogen-bond donors (Lipinski definition) is 1. The lowest BCUT2D eigenvalue weighted by molar-refractivity contribution is -0.167. The SMILES string of the molecule is O=C(Nc1ccccc1[S-])C(F)(F)F. The van der Waals surface area contributed by atoms with Gasteiger partial charge in [-0.1, -0.05) is 18.2 Å². The Morgan fingerprint density at radius 2 is 1.86 bits per heavy atom. The van der Waals surface area contributed by atoms with Gasteiger partial charge < -0.3 is 17.9 Å². The Kier molecular flexibility index (Phi) is 2.95. The van der Waals surface area contributed by atoms with Gasteiger partial charge >= 0.3 is 12.1 Å². The van der Waals surface area contributed by atoms with Crippen molar-refractivity contribution in [2.75, 3.05) is 5.32 Å². The number of nitrogens with one attached hydrogen (secondary N) is 1. The molecule has 0 bridgehead atoms. The molecule has 0 spiro atoms. The molecule has 6 heteroatoms. The van der Waals surface area contributed by atoms with E-state index < -0.39 is 12.1 Å². The number of benzene rings is 1. The molecule has 1 N–H and O–H groups in total. The molecule has 76 valence electrons. The molecule has 14 heavy (non-hydrogen) atoms. The standard InChI is InChI=1S/C8H6F3NOS/c9-8(10,11)7(13)12-5-3-1-2-4-6(5)14/h1-4,14H,(H,12,13)/p-1. The van der Waals surface area contributed by atoms with Gasteiger partial charge in [-0.2, -0.15) is 18.1 Å². The van der Waals surface area contributed by atoms with Crippen molar-refractivity contribution >= 4 is 24.2 Å². The van der Waals surface area contributed by atoms with Crippen LogP contribution in [-0.4, -0.2) is 12.1 Å². The van der Waals surface area contributed by atoms with E-state index in [0.717, 1.165) is 0 Å². The van der Waals surface area contributed by atoms with Gasteiger partial charge in [0.2, 0.25) is 0 Å². The Labute approximate surface area is 83.5 Å². The van der Waals surface area contributed by atoms with Gasteiger partial charge in [0.25, 0.3) is 0 Å². The second-order valence-corrected chi connectivity index (χ2v) is 2.89. The van der Waals surface area contributed by atoms with Gasteiger partial charge in [-0.3, -0.25) is 4.79 Å². The number of anilines is 1. The molecule has 2 nitrogen and oxygen atoms in total. The number of rotatable bonds is 1. The zero-order valence-corrected chi connectivity index (χ0v) is 7.58. The Morgan fingerprint density at radius 3 is 2.36 bits per heavy atom. The molecule has 0 unspecified atom stereocenters. The van der Waals surface area contributed by atoms with Gasteiger partial charge in [0.05, 0.1) is 0 Å². The van der Waals surface area contributed by atoms with E-state index in [2.05, 4.69) is 0 Å². The van der Waals surface area contributed by atoms with E-state index in [9.17, 15) is 18.0 Å². The molecule has 0 fully saturated rings. The van der Waals surface area contributed by atoms with Crippen molar-refractivity contribution < 1.29 is 18.0 Å². The first-order valence-electron chi connectivity index (χ1n) is 3.55. The number of para-hydroxylation sites is 1. The number of carbonyl (C=O) groups is 1. The summed E-state index contributed by atoms with van der Waals surface area (Å²) in [5.74, 6) is -2.02. The predicted molar refractivity (Wildman–Crippen MR) is 46.8 cm³/mol. The topological polar surface area (TPSA) is 29.1 Å². The first-order chi connectivity index (χ1) is 6.41. The third-order valence-electron chi connectivity index (χ3n) is 1.39. The minimum Gasteiger partial charge on any atom is -0.778 e. The fourth-order valence-corrected chi connectivity index (χ4v) is 0.961. The van der Waals surface area contributed by atoms with Crippen molar-refractivity contribution in [3.63, 3.8) is 0 Å². The van der Waals surface area contributed by atoms with E-state index in [4.69, 9.17) is 12.6 Å². The number of amides is 1. The van der Waals surface area contributed by atoms with E-state index in [1.807, 2.05) is 0 Å². The largest absolute Gasteiger partial charge is 0.778 e. The summed E-state index contributed by atoms with van der Waals surface area (Å²) < 4.78 is 35.5. The van der Waals surface area contributed by atoms with Crippen molar-refractivity contribution in [3.05, 3.63) is 24.3 Å². The Bertz CT molecular complexity index is 351. The van der Waals surface area contributed by atoms with E-state index in [-0.39, 0.29) is 10.6 Å². The summed E-state index contributed by atoms with van der Waals surface area (Å²) in [6, 6.07) is 5.81.